The maximum Gasteiger partial charge on any atom is 0.251 e. The molecule has 0 spiro atoms. The molecule has 0 saturated heterocycles. The summed E-state index contributed by atoms with van der Waals surface area (Å²) < 4.78 is 5.65. The third-order valence-electron chi connectivity index (χ3n) is 4.02. The van der Waals surface area contributed by atoms with Gasteiger partial charge in [0.25, 0.3) is 5.91 Å². The number of carbonyl (C=O) groups excluding carboxylic acids is 1. The zero-order chi connectivity index (χ0) is 16.1. The van der Waals surface area contributed by atoms with Crippen LogP contribution in [-0.2, 0) is 0 Å². The van der Waals surface area contributed by atoms with E-state index in [9.17, 15) is 9.90 Å². The first-order chi connectivity index (χ1) is 11.2. The Kier molecular flexibility index (Phi) is 4.88. The topological polar surface area (TPSA) is 71.5 Å². The highest BCUT2D eigenvalue weighted by molar-refractivity contribution is 5.94. The van der Waals surface area contributed by atoms with Crippen LogP contribution in [0.3, 0.4) is 0 Å². The van der Waals surface area contributed by atoms with E-state index in [1.165, 1.54) is 0 Å². The number of ether oxygens (including phenoxy) is 1. The van der Waals surface area contributed by atoms with E-state index in [2.05, 4.69) is 10.3 Å². The molecular weight excluding hydrogens is 292 g/mol. The number of hydrogen-bond acceptors (Lipinski definition) is 4. The van der Waals surface area contributed by atoms with Gasteiger partial charge in [0.05, 0.1) is 12.3 Å². The molecule has 1 amide bonds. The molecule has 0 radical (unpaired) electrons. The normalized spacial score (nSPS) is 20.7. The van der Waals surface area contributed by atoms with Crippen molar-refractivity contribution in [3.05, 3.63) is 54.4 Å². The van der Waals surface area contributed by atoms with Gasteiger partial charge in [0.1, 0.15) is 11.5 Å². The summed E-state index contributed by atoms with van der Waals surface area (Å²) in [6.07, 6.45) is 6.27. The van der Waals surface area contributed by atoms with Crippen LogP contribution in [-0.4, -0.2) is 28.1 Å². The maximum atomic E-state index is 12.2. The van der Waals surface area contributed by atoms with Crippen molar-refractivity contribution < 1.29 is 14.6 Å². The lowest BCUT2D eigenvalue weighted by Gasteiger charge is -2.26. The Morgan fingerprint density at radius 1 is 1.09 bits per heavy atom. The van der Waals surface area contributed by atoms with Gasteiger partial charge in [0.2, 0.25) is 0 Å². The summed E-state index contributed by atoms with van der Waals surface area (Å²) in [4.78, 5) is 16.2. The molecule has 1 aromatic carbocycles. The Labute approximate surface area is 135 Å². The Balaban J connectivity index is 1.57. The highest BCUT2D eigenvalue weighted by Crippen LogP contribution is 2.21. The molecule has 5 heteroatoms. The molecule has 23 heavy (non-hydrogen) atoms. The summed E-state index contributed by atoms with van der Waals surface area (Å²) in [5.74, 6) is 1.24. The summed E-state index contributed by atoms with van der Waals surface area (Å²) in [6, 6.07) is 10.8. The lowest BCUT2D eigenvalue weighted by molar-refractivity contribution is 0.0867. The molecule has 2 aromatic rings. The number of carbonyl (C=O) groups is 1. The first kappa shape index (κ1) is 15.5. The van der Waals surface area contributed by atoms with Gasteiger partial charge >= 0.3 is 0 Å². The quantitative estimate of drug-likeness (QED) is 0.910. The fourth-order valence-electron chi connectivity index (χ4n) is 2.71. The van der Waals surface area contributed by atoms with Crippen LogP contribution in [0.4, 0.5) is 0 Å². The number of nitrogens with one attached hydrogen (secondary N) is 1. The molecule has 0 bridgehead atoms. The monoisotopic (exact) mass is 312 g/mol. The van der Waals surface area contributed by atoms with Crippen molar-refractivity contribution in [3.63, 3.8) is 0 Å². The fraction of sp³-hybridized carbons (Fsp3) is 0.333. The Morgan fingerprint density at radius 3 is 2.48 bits per heavy atom. The van der Waals surface area contributed by atoms with Crippen LogP contribution in [0.5, 0.6) is 11.5 Å². The van der Waals surface area contributed by atoms with Gasteiger partial charge in [-0.05, 0) is 62.1 Å². The summed E-state index contributed by atoms with van der Waals surface area (Å²) in [7, 11) is 0. The molecule has 0 aliphatic heterocycles. The van der Waals surface area contributed by atoms with Crippen molar-refractivity contribution in [1.29, 1.82) is 0 Å². The van der Waals surface area contributed by atoms with Gasteiger partial charge in [0, 0.05) is 17.8 Å². The molecule has 2 N–H and O–H groups in total. The average Bonchev–Trinajstić information content (AvgIpc) is 2.58. The molecule has 1 aliphatic carbocycles. The average molecular weight is 312 g/mol. The van der Waals surface area contributed by atoms with Crippen LogP contribution < -0.4 is 10.1 Å². The van der Waals surface area contributed by atoms with Gasteiger partial charge in [-0.25, -0.2) is 0 Å². The zero-order valence-electron chi connectivity index (χ0n) is 12.8. The second kappa shape index (κ2) is 7.24. The van der Waals surface area contributed by atoms with E-state index in [0.717, 1.165) is 25.7 Å². The van der Waals surface area contributed by atoms with Crippen molar-refractivity contribution in [2.75, 3.05) is 0 Å². The van der Waals surface area contributed by atoms with Gasteiger partial charge < -0.3 is 15.2 Å². The highest BCUT2D eigenvalue weighted by atomic mass is 16.5. The third-order valence-corrected chi connectivity index (χ3v) is 4.02. The minimum Gasteiger partial charge on any atom is -0.456 e. The van der Waals surface area contributed by atoms with Crippen molar-refractivity contribution >= 4 is 5.91 Å². The molecule has 120 valence electrons. The number of benzene rings is 1. The molecule has 1 heterocycles. The number of aliphatic hydroxyl groups excluding tert-OH is 1. The van der Waals surface area contributed by atoms with E-state index in [4.69, 9.17) is 4.74 Å². The van der Waals surface area contributed by atoms with Crippen LogP contribution in [0.15, 0.2) is 48.8 Å². The molecule has 1 aromatic heterocycles. The Hall–Kier alpha value is -2.40. The molecule has 0 atom stereocenters. The third kappa shape index (κ3) is 4.29. The zero-order valence-corrected chi connectivity index (χ0v) is 12.8. The molecule has 1 saturated carbocycles. The predicted molar refractivity (Wildman–Crippen MR) is 86.5 cm³/mol. The van der Waals surface area contributed by atoms with Crippen LogP contribution in [0.25, 0.3) is 0 Å². The molecular formula is C18H20N2O3. The number of aliphatic hydroxyl groups is 1. The number of hydrogen-bond donors (Lipinski definition) is 2. The lowest BCUT2D eigenvalue weighted by atomic mass is 9.93. The minimum absolute atomic E-state index is 0.0840. The summed E-state index contributed by atoms with van der Waals surface area (Å²) >= 11 is 0. The molecule has 3 rings (SSSR count). The maximum absolute atomic E-state index is 12.2. The number of pyridine rings is 1. The van der Waals surface area contributed by atoms with Gasteiger partial charge in [0.15, 0.2) is 0 Å². The van der Waals surface area contributed by atoms with Gasteiger partial charge in [-0.1, -0.05) is 0 Å². The number of rotatable bonds is 4. The summed E-state index contributed by atoms with van der Waals surface area (Å²) in [5.41, 5.74) is 0.606. The first-order valence-corrected chi connectivity index (χ1v) is 7.87. The van der Waals surface area contributed by atoms with E-state index in [1.807, 2.05) is 6.07 Å². The largest absolute Gasteiger partial charge is 0.456 e. The SMILES string of the molecule is O=C(NC1CCC(O)CC1)c1ccc(Oc2cccnc2)cc1. The van der Waals surface area contributed by atoms with Gasteiger partial charge in [-0.2, -0.15) is 0 Å². The van der Waals surface area contributed by atoms with Gasteiger partial charge in [-0.15, -0.1) is 0 Å². The standard InChI is InChI=1S/C18H20N2O3/c21-15-7-5-14(6-8-15)20-18(22)13-3-9-16(10-4-13)23-17-2-1-11-19-12-17/h1-4,9-12,14-15,21H,5-8H2,(H,20,22). The van der Waals surface area contributed by atoms with Crippen LogP contribution >= 0.6 is 0 Å². The van der Waals surface area contributed by atoms with E-state index < -0.39 is 0 Å². The number of amides is 1. The second-order valence-corrected chi connectivity index (χ2v) is 5.79. The smallest absolute Gasteiger partial charge is 0.251 e. The molecule has 1 fully saturated rings. The molecule has 1 aliphatic rings. The van der Waals surface area contributed by atoms with Crippen LogP contribution in [0.2, 0.25) is 0 Å². The van der Waals surface area contributed by atoms with Crippen molar-refractivity contribution in [3.8, 4) is 11.5 Å². The van der Waals surface area contributed by atoms with Crippen molar-refractivity contribution in [1.82, 2.24) is 10.3 Å². The highest BCUT2D eigenvalue weighted by Gasteiger charge is 2.21. The minimum atomic E-state index is -0.216. The summed E-state index contributed by atoms with van der Waals surface area (Å²) in [5, 5.41) is 12.5. The van der Waals surface area contributed by atoms with E-state index >= 15 is 0 Å². The molecule has 5 nitrogen and oxygen atoms in total. The van der Waals surface area contributed by atoms with Crippen molar-refractivity contribution in [2.24, 2.45) is 0 Å². The molecule has 0 unspecified atom stereocenters. The first-order valence-electron chi connectivity index (χ1n) is 7.87. The van der Waals surface area contributed by atoms with Crippen LogP contribution in [0.1, 0.15) is 36.0 Å². The van der Waals surface area contributed by atoms with E-state index in [0.29, 0.717) is 17.1 Å². The van der Waals surface area contributed by atoms with Gasteiger partial charge in [-0.3, -0.25) is 9.78 Å². The predicted octanol–water partition coefficient (Wildman–Crippen LogP) is 2.91. The second-order valence-electron chi connectivity index (χ2n) is 5.79. The fourth-order valence-corrected chi connectivity index (χ4v) is 2.71. The lowest BCUT2D eigenvalue weighted by Crippen LogP contribution is -2.38. The Bertz CT molecular complexity index is 635. The number of nitrogens with zero attached hydrogens (tertiary/aromatic N) is 1. The Morgan fingerprint density at radius 2 is 1.83 bits per heavy atom. The van der Waals surface area contributed by atoms with E-state index in [-0.39, 0.29) is 18.1 Å². The summed E-state index contributed by atoms with van der Waals surface area (Å²) in [6.45, 7) is 0. The van der Waals surface area contributed by atoms with Crippen molar-refractivity contribution in [2.45, 2.75) is 37.8 Å². The van der Waals surface area contributed by atoms with Crippen LogP contribution in [0, 0.1) is 0 Å². The number of aromatic nitrogens is 1. The van der Waals surface area contributed by atoms with E-state index in [1.54, 1.807) is 42.7 Å².